The van der Waals surface area contributed by atoms with Gasteiger partial charge in [-0.25, -0.2) is 4.68 Å². The zero-order valence-corrected chi connectivity index (χ0v) is 19.1. The average molecular weight is 434 g/mol. The van der Waals surface area contributed by atoms with E-state index >= 15 is 0 Å². The highest BCUT2D eigenvalue weighted by Gasteiger charge is 2.35. The van der Waals surface area contributed by atoms with Crippen LogP contribution in [0, 0.1) is 5.92 Å². The molecule has 1 aromatic carbocycles. The monoisotopic (exact) mass is 433 g/mol. The molecular formula is C25H31N5O2. The highest BCUT2D eigenvalue weighted by atomic mass is 16.5. The van der Waals surface area contributed by atoms with Crippen molar-refractivity contribution in [1.82, 2.24) is 24.1 Å². The molecule has 7 heteroatoms. The molecule has 0 unspecified atom stereocenters. The number of methoxy groups -OCH3 is 1. The molecule has 168 valence electrons. The molecule has 0 amide bonds. The Labute approximate surface area is 188 Å². The molecule has 3 aromatic rings. The van der Waals surface area contributed by atoms with Crippen LogP contribution in [0.25, 0.3) is 5.69 Å². The van der Waals surface area contributed by atoms with E-state index in [9.17, 15) is 4.79 Å². The molecule has 7 nitrogen and oxygen atoms in total. The summed E-state index contributed by atoms with van der Waals surface area (Å²) in [6.45, 7) is 4.37. The predicted molar refractivity (Wildman–Crippen MR) is 124 cm³/mol. The number of rotatable bonds is 6. The maximum atomic E-state index is 13.0. The minimum atomic E-state index is 0.192. The fraction of sp³-hybridized carbons (Fsp3) is 0.440. The van der Waals surface area contributed by atoms with Gasteiger partial charge in [0, 0.05) is 61.7 Å². The highest BCUT2D eigenvalue weighted by molar-refractivity contribution is 5.46. The lowest BCUT2D eigenvalue weighted by molar-refractivity contribution is 0.114. The van der Waals surface area contributed by atoms with Crippen LogP contribution in [-0.2, 0) is 19.6 Å². The van der Waals surface area contributed by atoms with Crippen LogP contribution >= 0.6 is 0 Å². The Balaban J connectivity index is 1.33. The van der Waals surface area contributed by atoms with Crippen LogP contribution in [0.1, 0.15) is 29.2 Å². The lowest BCUT2D eigenvalue weighted by Crippen LogP contribution is -2.47. The summed E-state index contributed by atoms with van der Waals surface area (Å²) in [6, 6.07) is 12.1. The zero-order chi connectivity index (χ0) is 22.2. The first-order valence-electron chi connectivity index (χ1n) is 11.3. The molecule has 0 aliphatic carbocycles. The first-order valence-corrected chi connectivity index (χ1v) is 11.3. The van der Waals surface area contributed by atoms with Gasteiger partial charge in [-0.05, 0) is 44.6 Å². The molecule has 2 aromatic heterocycles. The van der Waals surface area contributed by atoms with Gasteiger partial charge in [-0.2, -0.15) is 5.10 Å². The van der Waals surface area contributed by atoms with E-state index in [4.69, 9.17) is 4.74 Å². The number of likely N-dealkylation sites (tertiary alicyclic amines) is 1. The smallest absolute Gasteiger partial charge is 0.255 e. The van der Waals surface area contributed by atoms with Crippen molar-refractivity contribution >= 4 is 0 Å². The molecule has 2 bridgehead atoms. The maximum Gasteiger partial charge on any atom is 0.255 e. The molecule has 32 heavy (non-hydrogen) atoms. The van der Waals surface area contributed by atoms with Gasteiger partial charge in [0.2, 0.25) is 0 Å². The fourth-order valence-electron chi connectivity index (χ4n) is 5.33. The number of fused-ring (bicyclic) bond motifs is 4. The molecule has 2 aliphatic heterocycles. The summed E-state index contributed by atoms with van der Waals surface area (Å²) in [4.78, 5) is 17.6. The SMILES string of the molecule is COc1ccccc1-n1cc(CN2C[C@@H]3C[C@H](C2)c2ccc(CN(C)C)c(=O)n2C3)cn1. The van der Waals surface area contributed by atoms with Gasteiger partial charge < -0.3 is 14.2 Å². The molecule has 5 rings (SSSR count). The number of para-hydroxylation sites is 2. The lowest BCUT2D eigenvalue weighted by Gasteiger charge is -2.43. The summed E-state index contributed by atoms with van der Waals surface area (Å²) in [5, 5.41) is 4.57. The number of piperidine rings is 1. The topological polar surface area (TPSA) is 55.5 Å². The summed E-state index contributed by atoms with van der Waals surface area (Å²) in [7, 11) is 5.70. The molecular weight excluding hydrogens is 402 g/mol. The normalized spacial score (nSPS) is 20.4. The second-order valence-corrected chi connectivity index (χ2v) is 9.39. The number of hydrogen-bond donors (Lipinski definition) is 0. The second kappa shape index (κ2) is 8.56. The van der Waals surface area contributed by atoms with Crippen LogP contribution in [-0.4, -0.2) is 58.4 Å². The van der Waals surface area contributed by atoms with E-state index in [0.717, 1.165) is 43.2 Å². The third-order valence-corrected chi connectivity index (χ3v) is 6.62. The molecule has 1 fully saturated rings. The Hall–Kier alpha value is -2.90. The van der Waals surface area contributed by atoms with Crippen molar-refractivity contribution in [3.05, 3.63) is 76.0 Å². The molecule has 0 spiro atoms. The predicted octanol–water partition coefficient (Wildman–Crippen LogP) is 2.72. The van der Waals surface area contributed by atoms with Gasteiger partial charge in [0.1, 0.15) is 11.4 Å². The third kappa shape index (κ3) is 3.98. The van der Waals surface area contributed by atoms with E-state index in [2.05, 4.69) is 31.7 Å². The van der Waals surface area contributed by atoms with Gasteiger partial charge in [0.15, 0.2) is 0 Å². The Morgan fingerprint density at radius 2 is 1.97 bits per heavy atom. The fourth-order valence-corrected chi connectivity index (χ4v) is 5.33. The second-order valence-electron chi connectivity index (χ2n) is 9.39. The molecule has 1 saturated heterocycles. The third-order valence-electron chi connectivity index (χ3n) is 6.62. The number of pyridine rings is 1. The Bertz CT molecular complexity index is 1170. The van der Waals surface area contributed by atoms with Crippen molar-refractivity contribution in [3.8, 4) is 11.4 Å². The van der Waals surface area contributed by atoms with E-state index in [0.29, 0.717) is 18.4 Å². The van der Waals surface area contributed by atoms with E-state index in [1.165, 1.54) is 17.7 Å². The maximum absolute atomic E-state index is 13.0. The van der Waals surface area contributed by atoms with Crippen molar-refractivity contribution in [2.45, 2.75) is 32.0 Å². The van der Waals surface area contributed by atoms with Gasteiger partial charge in [-0.15, -0.1) is 0 Å². The molecule has 4 heterocycles. The molecule has 2 atom stereocenters. The van der Waals surface area contributed by atoms with Crippen molar-refractivity contribution < 1.29 is 4.74 Å². The summed E-state index contributed by atoms with van der Waals surface area (Å²) < 4.78 is 9.42. The van der Waals surface area contributed by atoms with Crippen LogP contribution < -0.4 is 10.3 Å². The summed E-state index contributed by atoms with van der Waals surface area (Å²) in [5.74, 6) is 1.73. The van der Waals surface area contributed by atoms with E-state index in [1.54, 1.807) is 7.11 Å². The summed E-state index contributed by atoms with van der Waals surface area (Å²) in [6.07, 6.45) is 5.21. The Kier molecular flexibility index (Phi) is 5.61. The number of benzene rings is 1. The Morgan fingerprint density at radius 3 is 2.78 bits per heavy atom. The van der Waals surface area contributed by atoms with Crippen molar-refractivity contribution in [2.75, 3.05) is 34.3 Å². The molecule has 0 N–H and O–H groups in total. The van der Waals surface area contributed by atoms with Crippen molar-refractivity contribution in [3.63, 3.8) is 0 Å². The van der Waals surface area contributed by atoms with Crippen molar-refractivity contribution in [2.24, 2.45) is 5.92 Å². The van der Waals surface area contributed by atoms with Crippen LogP contribution in [0.4, 0.5) is 0 Å². The van der Waals surface area contributed by atoms with Gasteiger partial charge >= 0.3 is 0 Å². The summed E-state index contributed by atoms with van der Waals surface area (Å²) >= 11 is 0. The molecule has 0 radical (unpaired) electrons. The standard InChI is InChI=1S/C25H31N5O2/c1-27(2)16-20-8-9-22-21-10-18(14-29(22)25(20)31)12-28(17-21)13-19-11-26-30(15-19)23-6-4-5-7-24(23)32-3/h4-9,11,15,18,21H,10,12-14,16-17H2,1-3H3/t18-,21+/m0/s1. The Morgan fingerprint density at radius 1 is 1.12 bits per heavy atom. The van der Waals surface area contributed by atoms with E-state index in [1.807, 2.05) is 55.3 Å². The van der Waals surface area contributed by atoms with Crippen LogP contribution in [0.15, 0.2) is 53.6 Å². The average Bonchev–Trinajstić information content (AvgIpc) is 3.24. The van der Waals surface area contributed by atoms with Gasteiger partial charge in [0.05, 0.1) is 13.3 Å². The van der Waals surface area contributed by atoms with Crippen molar-refractivity contribution in [1.29, 1.82) is 0 Å². The number of nitrogens with zero attached hydrogens (tertiary/aromatic N) is 5. The number of ether oxygens (including phenoxy) is 1. The molecule has 2 aliphatic rings. The van der Waals surface area contributed by atoms with Crippen LogP contribution in [0.5, 0.6) is 5.75 Å². The van der Waals surface area contributed by atoms with Crippen LogP contribution in [0.2, 0.25) is 0 Å². The minimum absolute atomic E-state index is 0.192. The van der Waals surface area contributed by atoms with Gasteiger partial charge in [-0.3, -0.25) is 9.69 Å². The lowest BCUT2D eigenvalue weighted by atomic mass is 9.83. The zero-order valence-electron chi connectivity index (χ0n) is 19.1. The first kappa shape index (κ1) is 21.0. The van der Waals surface area contributed by atoms with E-state index in [-0.39, 0.29) is 5.56 Å². The minimum Gasteiger partial charge on any atom is -0.494 e. The quantitative estimate of drug-likeness (QED) is 0.598. The highest BCUT2D eigenvalue weighted by Crippen LogP contribution is 2.35. The largest absolute Gasteiger partial charge is 0.494 e. The number of aromatic nitrogens is 3. The van der Waals surface area contributed by atoms with Gasteiger partial charge in [0.25, 0.3) is 5.56 Å². The number of hydrogen-bond acceptors (Lipinski definition) is 5. The van der Waals surface area contributed by atoms with Gasteiger partial charge in [-0.1, -0.05) is 18.2 Å². The molecule has 0 saturated carbocycles. The first-order chi connectivity index (χ1) is 15.5. The summed E-state index contributed by atoms with van der Waals surface area (Å²) in [5.41, 5.74) is 4.41. The van der Waals surface area contributed by atoms with Crippen LogP contribution in [0.3, 0.4) is 0 Å². The van der Waals surface area contributed by atoms with E-state index < -0.39 is 0 Å².